The molecule has 0 aliphatic heterocycles. The maximum Gasteiger partial charge on any atom is 0.433 e. The first-order chi connectivity index (χ1) is 9.97. The molecule has 7 heteroatoms. The van der Waals surface area contributed by atoms with E-state index >= 15 is 0 Å². The highest BCUT2D eigenvalue weighted by Gasteiger charge is 2.16. The lowest BCUT2D eigenvalue weighted by Crippen LogP contribution is -2.18. The average Bonchev–Trinajstić information content (AvgIpc) is 2.95. The summed E-state index contributed by atoms with van der Waals surface area (Å²) in [4.78, 5) is 21.5. The molecule has 7 nitrogen and oxygen atoms in total. The molecule has 0 fully saturated rings. The number of furan rings is 1. The molecular weight excluding hydrogens is 274 g/mol. The number of amides is 1. The number of rotatable bonds is 4. The summed E-state index contributed by atoms with van der Waals surface area (Å²) in [5.74, 6) is -1.30. The van der Waals surface area contributed by atoms with Gasteiger partial charge in [-0.05, 0) is 25.5 Å². The zero-order valence-corrected chi connectivity index (χ0v) is 11.5. The molecule has 1 amide bonds. The number of nitrogens with zero attached hydrogens (tertiary/aromatic N) is 2. The predicted molar refractivity (Wildman–Crippen MR) is 76.2 cm³/mol. The molecule has 0 atom stereocenters. The minimum atomic E-state index is -0.711. The molecule has 2 rings (SSSR count). The number of nitrogens with one attached hydrogen (secondary N) is 1. The maximum absolute atomic E-state index is 11.7. The van der Waals surface area contributed by atoms with E-state index in [4.69, 9.17) is 4.42 Å². The van der Waals surface area contributed by atoms with E-state index in [0.717, 1.165) is 17.2 Å². The summed E-state index contributed by atoms with van der Waals surface area (Å²) < 4.78 is 4.78. The van der Waals surface area contributed by atoms with Gasteiger partial charge in [-0.1, -0.05) is 29.8 Å². The van der Waals surface area contributed by atoms with Crippen LogP contribution in [0.15, 0.2) is 45.9 Å². The Morgan fingerprint density at radius 1 is 1.24 bits per heavy atom. The van der Waals surface area contributed by atoms with Crippen molar-refractivity contribution in [3.05, 3.63) is 63.4 Å². The van der Waals surface area contributed by atoms with Gasteiger partial charge in [0.2, 0.25) is 5.76 Å². The molecule has 0 bridgehead atoms. The molecule has 0 unspecified atom stereocenters. The molecule has 1 N–H and O–H groups in total. The third-order valence-corrected chi connectivity index (χ3v) is 2.79. The van der Waals surface area contributed by atoms with E-state index in [1.54, 1.807) is 6.92 Å². The van der Waals surface area contributed by atoms with Crippen LogP contribution < -0.4 is 5.43 Å². The summed E-state index contributed by atoms with van der Waals surface area (Å²) in [7, 11) is 0. The van der Waals surface area contributed by atoms with Crippen molar-refractivity contribution in [3.63, 3.8) is 0 Å². The fourth-order valence-corrected chi connectivity index (χ4v) is 1.60. The largest absolute Gasteiger partial charge is 0.433 e. The van der Waals surface area contributed by atoms with Gasteiger partial charge in [-0.3, -0.25) is 14.9 Å². The van der Waals surface area contributed by atoms with Gasteiger partial charge >= 0.3 is 11.8 Å². The molecule has 1 aromatic heterocycles. The molecular formula is C14H13N3O4. The topological polar surface area (TPSA) is 97.7 Å². The third-order valence-electron chi connectivity index (χ3n) is 2.79. The minimum absolute atomic E-state index is 0.165. The lowest BCUT2D eigenvalue weighted by molar-refractivity contribution is -0.402. The fourth-order valence-electron chi connectivity index (χ4n) is 1.60. The number of carbonyl (C=O) groups excluding carboxylic acids is 1. The SMILES string of the molecule is C/C(=N\NC(=O)c1ccc([N+](=O)[O-])o1)c1ccc(C)cc1. The minimum Gasteiger partial charge on any atom is -0.395 e. The second kappa shape index (κ2) is 6.00. The molecule has 0 saturated carbocycles. The van der Waals surface area contributed by atoms with Crippen molar-refractivity contribution in [1.29, 1.82) is 0 Å². The summed E-state index contributed by atoms with van der Waals surface area (Å²) in [5.41, 5.74) is 4.90. The molecule has 1 aromatic carbocycles. The van der Waals surface area contributed by atoms with Crippen LogP contribution in [0.5, 0.6) is 0 Å². The van der Waals surface area contributed by atoms with Crippen LogP contribution in [-0.2, 0) is 0 Å². The molecule has 21 heavy (non-hydrogen) atoms. The highest BCUT2D eigenvalue weighted by atomic mass is 16.6. The van der Waals surface area contributed by atoms with Crippen LogP contribution in [0.1, 0.15) is 28.6 Å². The van der Waals surface area contributed by atoms with Gasteiger partial charge in [0.25, 0.3) is 0 Å². The Morgan fingerprint density at radius 3 is 2.48 bits per heavy atom. The highest BCUT2D eigenvalue weighted by molar-refractivity contribution is 6.00. The van der Waals surface area contributed by atoms with Crippen molar-refractivity contribution >= 4 is 17.5 Å². The number of hydrogen-bond donors (Lipinski definition) is 1. The summed E-state index contributed by atoms with van der Waals surface area (Å²) in [5, 5.41) is 14.4. The van der Waals surface area contributed by atoms with Crippen molar-refractivity contribution < 1.29 is 14.1 Å². The van der Waals surface area contributed by atoms with Gasteiger partial charge in [0, 0.05) is 0 Å². The fraction of sp³-hybridized carbons (Fsp3) is 0.143. The Balaban J connectivity index is 2.06. The standard InChI is InChI=1S/C14H13N3O4/c1-9-3-5-11(6-4-9)10(2)15-16-14(18)12-7-8-13(21-12)17(19)20/h3-8H,1-2H3,(H,16,18)/b15-10+. The second-order valence-corrected chi connectivity index (χ2v) is 4.40. The number of nitro groups is 1. The van der Waals surface area contributed by atoms with Crippen LogP contribution in [0.2, 0.25) is 0 Å². The van der Waals surface area contributed by atoms with Crippen LogP contribution in [0, 0.1) is 17.0 Å². The quantitative estimate of drug-likeness (QED) is 0.531. The molecule has 2 aromatic rings. The lowest BCUT2D eigenvalue weighted by Gasteiger charge is -2.02. The Kier molecular flexibility index (Phi) is 4.13. The molecule has 0 aliphatic rings. The monoisotopic (exact) mass is 287 g/mol. The van der Waals surface area contributed by atoms with Crippen molar-refractivity contribution in [1.82, 2.24) is 5.43 Å². The lowest BCUT2D eigenvalue weighted by atomic mass is 10.1. The van der Waals surface area contributed by atoms with Gasteiger partial charge in [-0.15, -0.1) is 0 Å². The Labute approximate surface area is 120 Å². The number of hydrazone groups is 1. The molecule has 0 radical (unpaired) electrons. The van der Waals surface area contributed by atoms with Crippen LogP contribution in [0.3, 0.4) is 0 Å². The maximum atomic E-state index is 11.7. The zero-order valence-electron chi connectivity index (χ0n) is 11.5. The number of aryl methyl sites for hydroxylation is 1. The number of hydrogen-bond acceptors (Lipinski definition) is 5. The van der Waals surface area contributed by atoms with Crippen molar-refractivity contribution in [2.45, 2.75) is 13.8 Å². The van der Waals surface area contributed by atoms with E-state index in [1.807, 2.05) is 31.2 Å². The van der Waals surface area contributed by atoms with Crippen molar-refractivity contribution in [3.8, 4) is 0 Å². The van der Waals surface area contributed by atoms with E-state index < -0.39 is 16.7 Å². The van der Waals surface area contributed by atoms with Crippen LogP contribution in [-0.4, -0.2) is 16.5 Å². The Morgan fingerprint density at radius 2 is 1.90 bits per heavy atom. The van der Waals surface area contributed by atoms with E-state index in [2.05, 4.69) is 10.5 Å². The summed E-state index contributed by atoms with van der Waals surface area (Å²) >= 11 is 0. The molecule has 108 valence electrons. The summed E-state index contributed by atoms with van der Waals surface area (Å²) in [6.45, 7) is 3.72. The normalized spacial score (nSPS) is 11.2. The van der Waals surface area contributed by atoms with E-state index in [0.29, 0.717) is 5.71 Å². The van der Waals surface area contributed by atoms with Crippen LogP contribution in [0.25, 0.3) is 0 Å². The Hall–Kier alpha value is -2.96. The molecule has 1 heterocycles. The highest BCUT2D eigenvalue weighted by Crippen LogP contribution is 2.15. The summed E-state index contributed by atoms with van der Waals surface area (Å²) in [6, 6.07) is 9.99. The Bertz CT molecular complexity index is 701. The number of benzene rings is 1. The first-order valence-corrected chi connectivity index (χ1v) is 6.13. The predicted octanol–water partition coefficient (Wildman–Crippen LogP) is 2.65. The average molecular weight is 287 g/mol. The first-order valence-electron chi connectivity index (χ1n) is 6.13. The van der Waals surface area contributed by atoms with Gasteiger partial charge in [-0.2, -0.15) is 5.10 Å². The van der Waals surface area contributed by atoms with Crippen LogP contribution in [0.4, 0.5) is 5.88 Å². The van der Waals surface area contributed by atoms with Crippen LogP contribution >= 0.6 is 0 Å². The molecule has 0 saturated heterocycles. The van der Waals surface area contributed by atoms with Gasteiger partial charge in [0.1, 0.15) is 4.92 Å². The van der Waals surface area contributed by atoms with Gasteiger partial charge in [0.05, 0.1) is 11.8 Å². The first kappa shape index (κ1) is 14.4. The van der Waals surface area contributed by atoms with E-state index in [9.17, 15) is 14.9 Å². The second-order valence-electron chi connectivity index (χ2n) is 4.40. The molecule has 0 spiro atoms. The van der Waals surface area contributed by atoms with Gasteiger partial charge < -0.3 is 4.42 Å². The van der Waals surface area contributed by atoms with E-state index in [1.165, 1.54) is 6.07 Å². The zero-order chi connectivity index (χ0) is 15.4. The van der Waals surface area contributed by atoms with Gasteiger partial charge in [-0.25, -0.2) is 5.43 Å². The molecule has 0 aliphatic carbocycles. The third kappa shape index (κ3) is 3.53. The number of carbonyl (C=O) groups is 1. The smallest absolute Gasteiger partial charge is 0.395 e. The van der Waals surface area contributed by atoms with Crippen molar-refractivity contribution in [2.75, 3.05) is 0 Å². The summed E-state index contributed by atoms with van der Waals surface area (Å²) in [6.07, 6.45) is 0. The van der Waals surface area contributed by atoms with Gasteiger partial charge in [0.15, 0.2) is 0 Å². The van der Waals surface area contributed by atoms with E-state index in [-0.39, 0.29) is 5.76 Å². The van der Waals surface area contributed by atoms with Crippen molar-refractivity contribution in [2.24, 2.45) is 5.10 Å².